The number of amides is 1. The highest BCUT2D eigenvalue weighted by molar-refractivity contribution is 5.79. The molecule has 24 heavy (non-hydrogen) atoms. The molecule has 1 fully saturated rings. The number of hydrogen-bond acceptors (Lipinski definition) is 2. The summed E-state index contributed by atoms with van der Waals surface area (Å²) in [6, 6.07) is 19.0. The van der Waals surface area contributed by atoms with Gasteiger partial charge in [0.15, 0.2) is 0 Å². The molecule has 3 heteroatoms. The molecule has 2 aromatic rings. The highest BCUT2D eigenvalue weighted by Crippen LogP contribution is 2.26. The Bertz CT molecular complexity index is 677. The smallest absolute Gasteiger partial charge is 0.226 e. The van der Waals surface area contributed by atoms with E-state index in [1.165, 1.54) is 16.7 Å². The average Bonchev–Trinajstić information content (AvgIpc) is 2.59. The molecule has 0 saturated carbocycles. The van der Waals surface area contributed by atoms with Gasteiger partial charge in [0.05, 0.1) is 6.04 Å². The van der Waals surface area contributed by atoms with Crippen LogP contribution in [0, 0.1) is 11.8 Å². The van der Waals surface area contributed by atoms with E-state index in [4.69, 9.17) is 0 Å². The molecule has 1 saturated heterocycles. The van der Waals surface area contributed by atoms with E-state index in [9.17, 15) is 4.79 Å². The van der Waals surface area contributed by atoms with Gasteiger partial charge in [0.2, 0.25) is 5.91 Å². The third-order valence-corrected chi connectivity index (χ3v) is 5.34. The van der Waals surface area contributed by atoms with Gasteiger partial charge in [-0.05, 0) is 42.6 Å². The molecule has 1 amide bonds. The van der Waals surface area contributed by atoms with Gasteiger partial charge in [-0.1, -0.05) is 61.5 Å². The van der Waals surface area contributed by atoms with E-state index in [1.807, 2.05) is 18.0 Å². The third kappa shape index (κ3) is 3.36. The first kappa shape index (κ1) is 16.7. The fourth-order valence-corrected chi connectivity index (χ4v) is 3.19. The predicted molar refractivity (Wildman–Crippen MR) is 98.6 cm³/mol. The molecule has 0 aromatic heterocycles. The second-order valence-corrected chi connectivity index (χ2v) is 6.82. The second-order valence-electron chi connectivity index (χ2n) is 6.82. The van der Waals surface area contributed by atoms with Crippen LogP contribution in [0.25, 0.3) is 11.1 Å². The molecule has 0 bridgehead atoms. The zero-order valence-electron chi connectivity index (χ0n) is 14.7. The summed E-state index contributed by atoms with van der Waals surface area (Å²) >= 11 is 0. The fraction of sp³-hybridized carbons (Fsp3) is 0.381. The fourth-order valence-electron chi connectivity index (χ4n) is 3.19. The molecule has 126 valence electrons. The molecule has 1 heterocycles. The van der Waals surface area contributed by atoms with Crippen molar-refractivity contribution in [1.29, 1.82) is 0 Å². The first-order valence-electron chi connectivity index (χ1n) is 8.70. The Morgan fingerprint density at radius 3 is 2.12 bits per heavy atom. The normalized spacial score (nSPS) is 17.0. The van der Waals surface area contributed by atoms with Gasteiger partial charge >= 0.3 is 0 Å². The summed E-state index contributed by atoms with van der Waals surface area (Å²) in [5.41, 5.74) is 3.59. The van der Waals surface area contributed by atoms with Crippen LogP contribution in [0.4, 0.5) is 0 Å². The van der Waals surface area contributed by atoms with Crippen LogP contribution in [0.15, 0.2) is 54.6 Å². The molecule has 1 aliphatic heterocycles. The Morgan fingerprint density at radius 2 is 1.58 bits per heavy atom. The Balaban J connectivity index is 1.70. The molecule has 0 radical (unpaired) electrons. The van der Waals surface area contributed by atoms with E-state index in [0.717, 1.165) is 13.1 Å². The number of carbonyl (C=O) groups is 1. The summed E-state index contributed by atoms with van der Waals surface area (Å²) in [7, 11) is 1.92. The van der Waals surface area contributed by atoms with Crippen LogP contribution in [0.1, 0.15) is 25.5 Å². The molecule has 2 unspecified atom stereocenters. The zero-order valence-corrected chi connectivity index (χ0v) is 14.7. The zero-order chi connectivity index (χ0) is 17.1. The molecule has 3 rings (SSSR count). The minimum absolute atomic E-state index is 0.0813. The van der Waals surface area contributed by atoms with Crippen molar-refractivity contribution in [2.75, 3.05) is 20.1 Å². The number of benzene rings is 2. The summed E-state index contributed by atoms with van der Waals surface area (Å²) in [6.07, 6.45) is 0. The summed E-state index contributed by atoms with van der Waals surface area (Å²) in [5.74, 6) is 0.802. The SMILES string of the molecule is CC(C(=O)N(C)C(C)c1ccc(-c2ccccc2)cc1)C1CNC1. The lowest BCUT2D eigenvalue weighted by molar-refractivity contribution is -0.138. The van der Waals surface area contributed by atoms with Crippen LogP contribution in [-0.2, 0) is 4.79 Å². The first-order valence-corrected chi connectivity index (χ1v) is 8.70. The summed E-state index contributed by atoms with van der Waals surface area (Å²) < 4.78 is 0. The van der Waals surface area contributed by atoms with Gasteiger partial charge in [-0.2, -0.15) is 0 Å². The summed E-state index contributed by atoms with van der Waals surface area (Å²) in [4.78, 5) is 14.6. The lowest BCUT2D eigenvalue weighted by Gasteiger charge is -2.35. The topological polar surface area (TPSA) is 32.3 Å². The van der Waals surface area contributed by atoms with Gasteiger partial charge in [0.25, 0.3) is 0 Å². The van der Waals surface area contributed by atoms with E-state index < -0.39 is 0 Å². The van der Waals surface area contributed by atoms with Crippen molar-refractivity contribution in [2.24, 2.45) is 11.8 Å². The monoisotopic (exact) mass is 322 g/mol. The largest absolute Gasteiger partial charge is 0.339 e. The van der Waals surface area contributed by atoms with Crippen molar-refractivity contribution in [1.82, 2.24) is 10.2 Å². The van der Waals surface area contributed by atoms with E-state index in [2.05, 4.69) is 67.7 Å². The summed E-state index contributed by atoms with van der Waals surface area (Å²) in [6.45, 7) is 6.07. The summed E-state index contributed by atoms with van der Waals surface area (Å²) in [5, 5.41) is 3.25. The Hall–Kier alpha value is -2.13. The Morgan fingerprint density at radius 1 is 1.00 bits per heavy atom. The highest BCUT2D eigenvalue weighted by Gasteiger charge is 2.32. The number of rotatable bonds is 5. The van der Waals surface area contributed by atoms with Crippen molar-refractivity contribution < 1.29 is 4.79 Å². The minimum atomic E-state index is 0.0813. The molecule has 2 aromatic carbocycles. The lowest BCUT2D eigenvalue weighted by Crippen LogP contribution is -2.50. The van der Waals surface area contributed by atoms with Gasteiger partial charge in [-0.15, -0.1) is 0 Å². The van der Waals surface area contributed by atoms with Crippen molar-refractivity contribution in [2.45, 2.75) is 19.9 Å². The second kappa shape index (κ2) is 7.18. The van der Waals surface area contributed by atoms with Crippen LogP contribution in [0.5, 0.6) is 0 Å². The third-order valence-electron chi connectivity index (χ3n) is 5.34. The maximum atomic E-state index is 12.7. The van der Waals surface area contributed by atoms with E-state index in [0.29, 0.717) is 5.92 Å². The van der Waals surface area contributed by atoms with Gasteiger partial charge in [-0.25, -0.2) is 0 Å². The lowest BCUT2D eigenvalue weighted by atomic mass is 9.87. The number of carbonyl (C=O) groups excluding carboxylic acids is 1. The van der Waals surface area contributed by atoms with Crippen molar-refractivity contribution in [3.8, 4) is 11.1 Å². The van der Waals surface area contributed by atoms with Gasteiger partial charge in [0.1, 0.15) is 0 Å². The van der Waals surface area contributed by atoms with Crippen molar-refractivity contribution in [3.63, 3.8) is 0 Å². The van der Waals surface area contributed by atoms with Crippen LogP contribution in [0.2, 0.25) is 0 Å². The predicted octanol–water partition coefficient (Wildman–Crippen LogP) is 3.73. The Kier molecular flexibility index (Phi) is 5.00. The number of nitrogens with zero attached hydrogens (tertiary/aromatic N) is 1. The van der Waals surface area contributed by atoms with Gasteiger partial charge < -0.3 is 10.2 Å². The molecule has 1 aliphatic rings. The quantitative estimate of drug-likeness (QED) is 0.910. The molecule has 0 aliphatic carbocycles. The standard InChI is InChI=1S/C21H26N2O/c1-15(20-13-22-14-20)21(24)23(3)16(2)17-9-11-19(12-10-17)18-7-5-4-6-8-18/h4-12,15-16,20,22H,13-14H2,1-3H3. The number of hydrogen-bond donors (Lipinski definition) is 1. The van der Waals surface area contributed by atoms with Gasteiger partial charge in [-0.3, -0.25) is 4.79 Å². The number of nitrogens with one attached hydrogen (secondary N) is 1. The van der Waals surface area contributed by atoms with E-state index >= 15 is 0 Å². The Labute approximate surface area is 144 Å². The van der Waals surface area contributed by atoms with Crippen LogP contribution in [-0.4, -0.2) is 30.9 Å². The molecule has 1 N–H and O–H groups in total. The molecular formula is C21H26N2O. The van der Waals surface area contributed by atoms with Crippen molar-refractivity contribution in [3.05, 3.63) is 60.2 Å². The molecule has 3 nitrogen and oxygen atoms in total. The van der Waals surface area contributed by atoms with Crippen LogP contribution < -0.4 is 5.32 Å². The first-order chi connectivity index (χ1) is 11.6. The maximum absolute atomic E-state index is 12.7. The van der Waals surface area contributed by atoms with Crippen LogP contribution in [0.3, 0.4) is 0 Å². The van der Waals surface area contributed by atoms with Gasteiger partial charge in [0, 0.05) is 13.0 Å². The minimum Gasteiger partial charge on any atom is -0.339 e. The molecular weight excluding hydrogens is 296 g/mol. The highest BCUT2D eigenvalue weighted by atomic mass is 16.2. The molecule has 2 atom stereocenters. The average molecular weight is 322 g/mol. The molecule has 0 spiro atoms. The van der Waals surface area contributed by atoms with Crippen molar-refractivity contribution >= 4 is 5.91 Å². The van der Waals surface area contributed by atoms with E-state index in [-0.39, 0.29) is 17.9 Å². The maximum Gasteiger partial charge on any atom is 0.226 e. The van der Waals surface area contributed by atoms with E-state index in [1.54, 1.807) is 0 Å². The van der Waals surface area contributed by atoms with Crippen LogP contribution >= 0.6 is 0 Å².